The minimum Gasteiger partial charge on any atom is -0.346 e. The Morgan fingerprint density at radius 3 is 2.48 bits per heavy atom. The number of hydrogen-bond acceptors (Lipinski definition) is 1. The monoisotopic (exact) mass is 353 g/mol. The molecule has 110 valence electrons. The molecule has 0 aliphatic carbocycles. The summed E-state index contributed by atoms with van der Waals surface area (Å²) in [7, 11) is 0. The number of carbonyl (C=O) groups is 1. The third-order valence-electron chi connectivity index (χ3n) is 3.21. The first kappa shape index (κ1) is 15.6. The fraction of sp³-hybridized carbons (Fsp3) is 0.188. The van der Waals surface area contributed by atoms with E-state index < -0.39 is 17.7 Å². The molecule has 1 unspecified atom stereocenters. The average Bonchev–Trinajstić information content (AvgIpc) is 2.44. The molecule has 0 heterocycles. The van der Waals surface area contributed by atoms with Gasteiger partial charge in [0.2, 0.25) is 0 Å². The van der Waals surface area contributed by atoms with Crippen molar-refractivity contribution < 1.29 is 13.6 Å². The van der Waals surface area contributed by atoms with Gasteiger partial charge in [0.25, 0.3) is 5.91 Å². The summed E-state index contributed by atoms with van der Waals surface area (Å²) < 4.78 is 27.0. The van der Waals surface area contributed by atoms with Crippen molar-refractivity contribution in [3.05, 3.63) is 69.2 Å². The van der Waals surface area contributed by atoms with Gasteiger partial charge in [-0.05, 0) is 55.3 Å². The number of benzene rings is 2. The molecule has 1 amide bonds. The van der Waals surface area contributed by atoms with Crippen LogP contribution in [0.5, 0.6) is 0 Å². The van der Waals surface area contributed by atoms with Crippen LogP contribution in [-0.2, 0) is 0 Å². The fourth-order valence-electron chi connectivity index (χ4n) is 1.93. The van der Waals surface area contributed by atoms with Crippen LogP contribution in [0.4, 0.5) is 8.78 Å². The van der Waals surface area contributed by atoms with Gasteiger partial charge in [0.05, 0.1) is 6.04 Å². The standard InChI is InChI=1S/C16H14BrF2NO/c1-9-7-12(3-5-13(9)17)16(21)20-10(2)11-4-6-14(18)15(19)8-11/h3-8,10H,1-2H3,(H,20,21). The zero-order chi connectivity index (χ0) is 15.6. The first-order chi connectivity index (χ1) is 9.88. The summed E-state index contributed by atoms with van der Waals surface area (Å²) in [5, 5.41) is 2.76. The van der Waals surface area contributed by atoms with E-state index in [4.69, 9.17) is 0 Å². The van der Waals surface area contributed by atoms with E-state index in [0.717, 1.165) is 22.2 Å². The van der Waals surface area contributed by atoms with E-state index >= 15 is 0 Å². The Hall–Kier alpha value is -1.75. The molecule has 5 heteroatoms. The Bertz CT molecular complexity index is 688. The summed E-state index contributed by atoms with van der Waals surface area (Å²) in [4.78, 5) is 12.1. The van der Waals surface area contributed by atoms with Crippen molar-refractivity contribution in [1.29, 1.82) is 0 Å². The molecule has 2 aromatic rings. The van der Waals surface area contributed by atoms with Crippen molar-refractivity contribution in [2.24, 2.45) is 0 Å². The van der Waals surface area contributed by atoms with Crippen molar-refractivity contribution in [2.45, 2.75) is 19.9 Å². The maximum atomic E-state index is 13.2. The molecule has 2 nitrogen and oxygen atoms in total. The third-order valence-corrected chi connectivity index (χ3v) is 4.10. The summed E-state index contributed by atoms with van der Waals surface area (Å²) in [5.74, 6) is -2.09. The first-order valence-electron chi connectivity index (χ1n) is 6.40. The van der Waals surface area contributed by atoms with Crippen LogP contribution in [0.2, 0.25) is 0 Å². The Morgan fingerprint density at radius 2 is 1.86 bits per heavy atom. The van der Waals surface area contributed by atoms with Crippen LogP contribution in [0.15, 0.2) is 40.9 Å². The highest BCUT2D eigenvalue weighted by atomic mass is 79.9. The lowest BCUT2D eigenvalue weighted by molar-refractivity contribution is 0.0939. The molecule has 0 saturated heterocycles. The number of nitrogens with one attached hydrogen (secondary N) is 1. The summed E-state index contributed by atoms with van der Waals surface area (Å²) in [6.45, 7) is 3.61. The maximum absolute atomic E-state index is 13.2. The maximum Gasteiger partial charge on any atom is 0.251 e. The molecular weight excluding hydrogens is 340 g/mol. The van der Waals surface area contributed by atoms with Crippen molar-refractivity contribution in [3.63, 3.8) is 0 Å². The molecule has 2 rings (SSSR count). The molecule has 1 atom stereocenters. The number of carbonyl (C=O) groups excluding carboxylic acids is 1. The second kappa shape index (κ2) is 6.35. The van der Waals surface area contributed by atoms with Crippen LogP contribution < -0.4 is 5.32 Å². The minimum atomic E-state index is -0.923. The third kappa shape index (κ3) is 3.67. The molecule has 21 heavy (non-hydrogen) atoms. The van der Waals surface area contributed by atoms with Gasteiger partial charge in [0.1, 0.15) is 0 Å². The van der Waals surface area contributed by atoms with Crippen LogP contribution in [0, 0.1) is 18.6 Å². The lowest BCUT2D eigenvalue weighted by atomic mass is 10.1. The van der Waals surface area contributed by atoms with Gasteiger partial charge in [-0.1, -0.05) is 22.0 Å². The number of amides is 1. The van der Waals surface area contributed by atoms with Gasteiger partial charge >= 0.3 is 0 Å². The van der Waals surface area contributed by atoms with Crippen molar-refractivity contribution in [3.8, 4) is 0 Å². The first-order valence-corrected chi connectivity index (χ1v) is 7.19. The highest BCUT2D eigenvalue weighted by Gasteiger charge is 2.13. The molecule has 0 saturated carbocycles. The van der Waals surface area contributed by atoms with E-state index in [2.05, 4.69) is 21.2 Å². The highest BCUT2D eigenvalue weighted by molar-refractivity contribution is 9.10. The summed E-state index contributed by atoms with van der Waals surface area (Å²) >= 11 is 3.37. The van der Waals surface area contributed by atoms with E-state index in [1.54, 1.807) is 25.1 Å². The van der Waals surface area contributed by atoms with Gasteiger partial charge in [-0.2, -0.15) is 0 Å². The summed E-state index contributed by atoms with van der Waals surface area (Å²) in [5.41, 5.74) is 1.98. The van der Waals surface area contributed by atoms with E-state index in [9.17, 15) is 13.6 Å². The lowest BCUT2D eigenvalue weighted by Crippen LogP contribution is -2.26. The second-order valence-corrected chi connectivity index (χ2v) is 5.69. The molecule has 2 aromatic carbocycles. The van der Waals surface area contributed by atoms with Crippen molar-refractivity contribution in [1.82, 2.24) is 5.32 Å². The molecule has 0 radical (unpaired) electrons. The molecule has 0 spiro atoms. The van der Waals surface area contributed by atoms with Gasteiger partial charge < -0.3 is 5.32 Å². The van der Waals surface area contributed by atoms with E-state index in [1.165, 1.54) is 6.07 Å². The average molecular weight is 354 g/mol. The zero-order valence-electron chi connectivity index (χ0n) is 11.6. The number of rotatable bonds is 3. The normalized spacial score (nSPS) is 12.0. The van der Waals surface area contributed by atoms with Gasteiger partial charge in [0.15, 0.2) is 11.6 Å². The Labute approximate surface area is 130 Å². The van der Waals surface area contributed by atoms with Crippen molar-refractivity contribution >= 4 is 21.8 Å². The Balaban J connectivity index is 2.14. The summed E-state index contributed by atoms with van der Waals surface area (Å²) in [6, 6.07) is 8.44. The zero-order valence-corrected chi connectivity index (χ0v) is 13.2. The van der Waals surface area contributed by atoms with Crippen LogP contribution in [0.1, 0.15) is 34.5 Å². The lowest BCUT2D eigenvalue weighted by Gasteiger charge is -2.15. The van der Waals surface area contributed by atoms with E-state index in [0.29, 0.717) is 11.1 Å². The van der Waals surface area contributed by atoms with Gasteiger partial charge in [-0.15, -0.1) is 0 Å². The molecule has 0 fully saturated rings. The van der Waals surface area contributed by atoms with Crippen LogP contribution in [0.3, 0.4) is 0 Å². The Kier molecular flexibility index (Phi) is 4.73. The molecule has 0 aliphatic heterocycles. The molecule has 1 N–H and O–H groups in total. The summed E-state index contributed by atoms with van der Waals surface area (Å²) in [6.07, 6.45) is 0. The van der Waals surface area contributed by atoms with Crippen LogP contribution >= 0.6 is 15.9 Å². The smallest absolute Gasteiger partial charge is 0.251 e. The molecule has 0 bridgehead atoms. The number of aryl methyl sites for hydroxylation is 1. The largest absolute Gasteiger partial charge is 0.346 e. The second-order valence-electron chi connectivity index (χ2n) is 4.83. The van der Waals surface area contributed by atoms with Gasteiger partial charge in [-0.3, -0.25) is 4.79 Å². The molecule has 0 aromatic heterocycles. The topological polar surface area (TPSA) is 29.1 Å². The minimum absolute atomic E-state index is 0.261. The highest BCUT2D eigenvalue weighted by Crippen LogP contribution is 2.19. The van der Waals surface area contributed by atoms with Gasteiger partial charge in [0, 0.05) is 10.0 Å². The predicted molar refractivity (Wildman–Crippen MR) is 81.1 cm³/mol. The SMILES string of the molecule is Cc1cc(C(=O)NC(C)c2ccc(F)c(F)c2)ccc1Br. The number of hydrogen-bond donors (Lipinski definition) is 1. The predicted octanol–water partition coefficient (Wildman–Crippen LogP) is 4.53. The van der Waals surface area contributed by atoms with Gasteiger partial charge in [-0.25, -0.2) is 8.78 Å². The molecular formula is C16H14BrF2NO. The Morgan fingerprint density at radius 1 is 1.14 bits per heavy atom. The van der Waals surface area contributed by atoms with Crippen LogP contribution in [0.25, 0.3) is 0 Å². The fourth-order valence-corrected chi connectivity index (χ4v) is 2.18. The van der Waals surface area contributed by atoms with E-state index in [1.807, 2.05) is 6.92 Å². The van der Waals surface area contributed by atoms with Crippen LogP contribution in [-0.4, -0.2) is 5.91 Å². The van der Waals surface area contributed by atoms with E-state index in [-0.39, 0.29) is 5.91 Å². The van der Waals surface area contributed by atoms with Crippen molar-refractivity contribution in [2.75, 3.05) is 0 Å². The molecule has 0 aliphatic rings. The number of halogens is 3. The quantitative estimate of drug-likeness (QED) is 0.862.